The first-order valence-corrected chi connectivity index (χ1v) is 7.41. The van der Waals surface area contributed by atoms with Gasteiger partial charge in [0, 0.05) is 26.2 Å². The van der Waals surface area contributed by atoms with Gasteiger partial charge in [-0.3, -0.25) is 4.79 Å². The highest BCUT2D eigenvalue weighted by molar-refractivity contribution is 5.84. The van der Waals surface area contributed by atoms with Crippen LogP contribution in [0.4, 0.5) is 0 Å². The lowest BCUT2D eigenvalue weighted by Gasteiger charge is -2.28. The highest BCUT2D eigenvalue weighted by Crippen LogP contribution is 2.19. The van der Waals surface area contributed by atoms with Crippen LogP contribution in [-0.2, 0) is 9.53 Å². The largest absolute Gasteiger partial charge is 0.376 e. The lowest BCUT2D eigenvalue weighted by atomic mass is 9.97. The van der Waals surface area contributed by atoms with E-state index in [0.717, 1.165) is 25.0 Å². The Morgan fingerprint density at radius 2 is 2.20 bits per heavy atom. The van der Waals surface area contributed by atoms with Crippen molar-refractivity contribution >= 4 is 5.91 Å². The molecular weight excluding hydrogens is 252 g/mol. The molecule has 1 aliphatic heterocycles. The summed E-state index contributed by atoms with van der Waals surface area (Å²) in [5.74, 6) is -0.144. The van der Waals surface area contributed by atoms with Crippen LogP contribution in [0.25, 0.3) is 0 Å². The van der Waals surface area contributed by atoms with Crippen molar-refractivity contribution in [2.45, 2.75) is 31.8 Å². The fraction of sp³-hybridized carbons (Fsp3) is 0.562. The molecule has 2 rings (SSSR count). The zero-order valence-corrected chi connectivity index (χ0v) is 12.1. The second kappa shape index (κ2) is 7.41. The molecule has 0 radical (unpaired) electrons. The van der Waals surface area contributed by atoms with E-state index in [4.69, 9.17) is 10.5 Å². The number of hydrogen-bond acceptors (Lipinski definition) is 3. The number of hydrogen-bond donors (Lipinski definition) is 1. The van der Waals surface area contributed by atoms with Gasteiger partial charge in [0.05, 0.1) is 12.0 Å². The van der Waals surface area contributed by atoms with Gasteiger partial charge in [-0.1, -0.05) is 30.3 Å². The average Bonchev–Trinajstić information content (AvgIpc) is 2.99. The van der Waals surface area contributed by atoms with E-state index in [1.54, 1.807) is 0 Å². The van der Waals surface area contributed by atoms with E-state index >= 15 is 0 Å². The molecule has 1 aromatic rings. The monoisotopic (exact) mass is 276 g/mol. The number of ether oxygens (including phenoxy) is 1. The molecule has 0 aromatic heterocycles. The lowest BCUT2D eigenvalue weighted by Crippen LogP contribution is -2.41. The summed E-state index contributed by atoms with van der Waals surface area (Å²) >= 11 is 0. The Hall–Kier alpha value is -1.39. The minimum atomic E-state index is -0.252. The van der Waals surface area contributed by atoms with Crippen LogP contribution in [0.5, 0.6) is 0 Å². The van der Waals surface area contributed by atoms with Crippen molar-refractivity contribution in [2.75, 3.05) is 26.2 Å². The van der Waals surface area contributed by atoms with Crippen LogP contribution >= 0.6 is 0 Å². The average molecular weight is 276 g/mol. The number of amides is 1. The van der Waals surface area contributed by atoms with Gasteiger partial charge in [-0.15, -0.1) is 0 Å². The van der Waals surface area contributed by atoms with Crippen molar-refractivity contribution in [3.05, 3.63) is 35.9 Å². The quantitative estimate of drug-likeness (QED) is 0.861. The number of nitrogens with zero attached hydrogens (tertiary/aromatic N) is 1. The highest BCUT2D eigenvalue weighted by atomic mass is 16.5. The van der Waals surface area contributed by atoms with Crippen LogP contribution in [0, 0.1) is 0 Å². The van der Waals surface area contributed by atoms with E-state index in [1.165, 1.54) is 0 Å². The summed E-state index contributed by atoms with van der Waals surface area (Å²) in [4.78, 5) is 14.6. The topological polar surface area (TPSA) is 55.6 Å². The fourth-order valence-electron chi connectivity index (χ4n) is 2.69. The Bertz CT molecular complexity index is 416. The predicted molar refractivity (Wildman–Crippen MR) is 79.5 cm³/mol. The molecule has 1 aliphatic rings. The number of carbonyl (C=O) groups excluding carboxylic acids is 1. The van der Waals surface area contributed by atoms with Crippen molar-refractivity contribution in [3.8, 4) is 0 Å². The molecule has 20 heavy (non-hydrogen) atoms. The Kier molecular flexibility index (Phi) is 5.56. The van der Waals surface area contributed by atoms with Gasteiger partial charge in [0.25, 0.3) is 0 Å². The molecule has 2 unspecified atom stereocenters. The van der Waals surface area contributed by atoms with Gasteiger partial charge in [0.1, 0.15) is 0 Å². The van der Waals surface area contributed by atoms with E-state index in [9.17, 15) is 4.79 Å². The minimum absolute atomic E-state index is 0.108. The molecule has 1 heterocycles. The zero-order valence-electron chi connectivity index (χ0n) is 12.1. The minimum Gasteiger partial charge on any atom is -0.376 e. The van der Waals surface area contributed by atoms with E-state index in [2.05, 4.69) is 0 Å². The van der Waals surface area contributed by atoms with Crippen molar-refractivity contribution in [1.82, 2.24) is 4.90 Å². The Morgan fingerprint density at radius 3 is 2.75 bits per heavy atom. The third kappa shape index (κ3) is 3.58. The maximum Gasteiger partial charge on any atom is 0.231 e. The Labute approximate surface area is 120 Å². The summed E-state index contributed by atoms with van der Waals surface area (Å²) in [6.45, 7) is 4.53. The fourth-order valence-corrected chi connectivity index (χ4v) is 2.69. The summed E-state index contributed by atoms with van der Waals surface area (Å²) in [5, 5.41) is 0. The third-order valence-corrected chi connectivity index (χ3v) is 3.88. The van der Waals surface area contributed by atoms with Gasteiger partial charge >= 0.3 is 0 Å². The highest BCUT2D eigenvalue weighted by Gasteiger charge is 2.27. The van der Waals surface area contributed by atoms with Crippen LogP contribution in [-0.4, -0.2) is 43.2 Å². The summed E-state index contributed by atoms with van der Waals surface area (Å²) in [6.07, 6.45) is 2.32. The van der Waals surface area contributed by atoms with E-state index in [0.29, 0.717) is 19.6 Å². The second-order valence-electron chi connectivity index (χ2n) is 5.21. The Balaban J connectivity index is 2.05. The molecule has 0 aliphatic carbocycles. The summed E-state index contributed by atoms with van der Waals surface area (Å²) in [5.41, 5.74) is 6.82. The van der Waals surface area contributed by atoms with Gasteiger partial charge in [0.2, 0.25) is 5.91 Å². The molecule has 4 heteroatoms. The number of benzene rings is 1. The normalized spacial score (nSPS) is 19.8. The lowest BCUT2D eigenvalue weighted by molar-refractivity contribution is -0.134. The first-order valence-electron chi connectivity index (χ1n) is 7.41. The van der Waals surface area contributed by atoms with Gasteiger partial charge in [0.15, 0.2) is 0 Å². The summed E-state index contributed by atoms with van der Waals surface area (Å²) < 4.78 is 5.63. The Morgan fingerprint density at radius 1 is 1.45 bits per heavy atom. The molecule has 0 saturated carbocycles. The van der Waals surface area contributed by atoms with E-state index in [-0.39, 0.29) is 17.9 Å². The predicted octanol–water partition coefficient (Wildman–Crippen LogP) is 1.76. The second-order valence-corrected chi connectivity index (χ2v) is 5.21. The SMILES string of the molecule is CCN(CC1CCCO1)C(=O)C(CN)c1ccccc1. The van der Waals surface area contributed by atoms with Crippen LogP contribution in [0.15, 0.2) is 30.3 Å². The molecule has 0 spiro atoms. The van der Waals surface area contributed by atoms with E-state index in [1.807, 2.05) is 42.2 Å². The number of carbonyl (C=O) groups is 1. The molecular formula is C16H24N2O2. The van der Waals surface area contributed by atoms with Crippen LogP contribution in [0.3, 0.4) is 0 Å². The molecule has 1 aromatic carbocycles. The summed E-state index contributed by atoms with van der Waals surface area (Å²) in [7, 11) is 0. The van der Waals surface area contributed by atoms with Gasteiger partial charge in [-0.25, -0.2) is 0 Å². The van der Waals surface area contributed by atoms with Crippen LogP contribution in [0.2, 0.25) is 0 Å². The van der Waals surface area contributed by atoms with Crippen molar-refractivity contribution in [3.63, 3.8) is 0 Å². The molecule has 2 atom stereocenters. The molecule has 110 valence electrons. The first kappa shape index (κ1) is 15.0. The standard InChI is InChI=1S/C16H24N2O2/c1-2-18(12-14-9-6-10-20-14)16(19)15(11-17)13-7-4-3-5-8-13/h3-5,7-8,14-15H,2,6,9-12,17H2,1H3. The maximum absolute atomic E-state index is 12.7. The smallest absolute Gasteiger partial charge is 0.231 e. The number of likely N-dealkylation sites (N-methyl/N-ethyl adjacent to an activating group) is 1. The van der Waals surface area contributed by atoms with Crippen molar-refractivity contribution < 1.29 is 9.53 Å². The van der Waals surface area contributed by atoms with Crippen molar-refractivity contribution in [2.24, 2.45) is 5.73 Å². The molecule has 0 bridgehead atoms. The maximum atomic E-state index is 12.7. The number of nitrogens with two attached hydrogens (primary N) is 1. The first-order chi connectivity index (χ1) is 9.76. The molecule has 1 amide bonds. The molecule has 4 nitrogen and oxygen atoms in total. The van der Waals surface area contributed by atoms with Gasteiger partial charge in [-0.2, -0.15) is 0 Å². The van der Waals surface area contributed by atoms with Crippen molar-refractivity contribution in [1.29, 1.82) is 0 Å². The van der Waals surface area contributed by atoms with Gasteiger partial charge in [-0.05, 0) is 25.3 Å². The third-order valence-electron chi connectivity index (χ3n) is 3.88. The summed E-state index contributed by atoms with van der Waals surface area (Å²) in [6, 6.07) is 9.78. The number of rotatable bonds is 6. The van der Waals surface area contributed by atoms with E-state index < -0.39 is 0 Å². The van der Waals surface area contributed by atoms with Crippen LogP contribution in [0.1, 0.15) is 31.2 Å². The van der Waals surface area contributed by atoms with Gasteiger partial charge < -0.3 is 15.4 Å². The molecule has 1 fully saturated rings. The molecule has 2 N–H and O–H groups in total. The molecule has 1 saturated heterocycles. The van der Waals surface area contributed by atoms with Crippen LogP contribution < -0.4 is 5.73 Å². The zero-order chi connectivity index (χ0) is 14.4.